The Labute approximate surface area is 123 Å². The second kappa shape index (κ2) is 6.82. The van der Waals surface area contributed by atoms with E-state index < -0.39 is 0 Å². The van der Waals surface area contributed by atoms with E-state index in [1.165, 1.54) is 37.8 Å². The van der Waals surface area contributed by atoms with Gasteiger partial charge in [-0.15, -0.1) is 0 Å². The summed E-state index contributed by atoms with van der Waals surface area (Å²) in [6.45, 7) is 1.60. The van der Waals surface area contributed by atoms with Crippen molar-refractivity contribution in [3.8, 4) is 0 Å². The minimum absolute atomic E-state index is 0.198. The van der Waals surface area contributed by atoms with E-state index in [0.717, 1.165) is 23.1 Å². The van der Waals surface area contributed by atoms with E-state index in [2.05, 4.69) is 27.9 Å². The monoisotopic (exact) mass is 328 g/mol. The van der Waals surface area contributed by atoms with Crippen molar-refractivity contribution in [1.82, 2.24) is 4.90 Å². The van der Waals surface area contributed by atoms with Crippen molar-refractivity contribution in [2.75, 3.05) is 13.6 Å². The lowest BCUT2D eigenvalue weighted by atomic mass is 9.83. The van der Waals surface area contributed by atoms with Gasteiger partial charge < -0.3 is 5.73 Å². The Kier molecular flexibility index (Phi) is 5.37. The van der Waals surface area contributed by atoms with Crippen LogP contribution in [-0.2, 0) is 6.54 Å². The van der Waals surface area contributed by atoms with Gasteiger partial charge in [0.15, 0.2) is 0 Å². The summed E-state index contributed by atoms with van der Waals surface area (Å²) in [6.07, 6.45) is 5.04. The number of halogens is 2. The maximum atomic E-state index is 13.1. The van der Waals surface area contributed by atoms with Gasteiger partial charge in [-0.1, -0.05) is 34.8 Å². The van der Waals surface area contributed by atoms with Crippen molar-refractivity contribution >= 4 is 15.9 Å². The lowest BCUT2D eigenvalue weighted by Gasteiger charge is -2.37. The fourth-order valence-corrected chi connectivity index (χ4v) is 3.56. The van der Waals surface area contributed by atoms with Crippen LogP contribution in [0.3, 0.4) is 0 Å². The highest BCUT2D eigenvalue weighted by Crippen LogP contribution is 2.29. The lowest BCUT2D eigenvalue weighted by molar-refractivity contribution is 0.127. The molecular formula is C15H22BrFN2. The van der Waals surface area contributed by atoms with Gasteiger partial charge in [-0.3, -0.25) is 4.90 Å². The van der Waals surface area contributed by atoms with Crippen LogP contribution in [0.2, 0.25) is 0 Å². The Hall–Kier alpha value is -0.450. The molecule has 106 valence electrons. The predicted molar refractivity (Wildman–Crippen MR) is 80.4 cm³/mol. The van der Waals surface area contributed by atoms with E-state index in [0.29, 0.717) is 12.0 Å². The van der Waals surface area contributed by atoms with Gasteiger partial charge >= 0.3 is 0 Å². The number of hydrogen-bond acceptors (Lipinski definition) is 2. The molecule has 2 unspecified atom stereocenters. The Morgan fingerprint density at radius 3 is 2.79 bits per heavy atom. The van der Waals surface area contributed by atoms with Crippen LogP contribution in [0.4, 0.5) is 4.39 Å². The Balaban J connectivity index is 2.04. The van der Waals surface area contributed by atoms with Crippen molar-refractivity contribution in [1.29, 1.82) is 0 Å². The first-order valence-corrected chi connectivity index (χ1v) is 7.75. The van der Waals surface area contributed by atoms with Crippen LogP contribution >= 0.6 is 15.9 Å². The highest BCUT2D eigenvalue weighted by molar-refractivity contribution is 9.10. The molecule has 0 spiro atoms. The number of nitrogens with two attached hydrogens (primary N) is 1. The number of hydrogen-bond donors (Lipinski definition) is 1. The number of rotatable bonds is 4. The first kappa shape index (κ1) is 14.9. The van der Waals surface area contributed by atoms with Crippen LogP contribution in [0.5, 0.6) is 0 Å². The van der Waals surface area contributed by atoms with E-state index >= 15 is 0 Å². The molecule has 0 saturated heterocycles. The number of benzene rings is 1. The molecule has 0 amide bonds. The first-order valence-electron chi connectivity index (χ1n) is 6.96. The molecule has 0 radical (unpaired) electrons. The third-order valence-electron chi connectivity index (χ3n) is 4.17. The smallest absolute Gasteiger partial charge is 0.124 e. The molecule has 0 aliphatic heterocycles. The minimum Gasteiger partial charge on any atom is -0.330 e. The second-order valence-corrected chi connectivity index (χ2v) is 6.35. The SMILES string of the molecule is CN(Cc1ccc(F)cc1Br)C1CCCCC1CN. The van der Waals surface area contributed by atoms with Crippen molar-refractivity contribution in [2.45, 2.75) is 38.3 Å². The van der Waals surface area contributed by atoms with Crippen LogP contribution in [0.15, 0.2) is 22.7 Å². The molecule has 4 heteroatoms. The molecule has 2 nitrogen and oxygen atoms in total. The zero-order valence-corrected chi connectivity index (χ0v) is 13.0. The summed E-state index contributed by atoms with van der Waals surface area (Å²) in [5, 5.41) is 0. The molecule has 2 N–H and O–H groups in total. The summed E-state index contributed by atoms with van der Waals surface area (Å²) in [7, 11) is 2.15. The average Bonchev–Trinajstić information content (AvgIpc) is 2.41. The van der Waals surface area contributed by atoms with E-state index in [9.17, 15) is 4.39 Å². The summed E-state index contributed by atoms with van der Waals surface area (Å²) in [5.41, 5.74) is 7.02. The summed E-state index contributed by atoms with van der Waals surface area (Å²) < 4.78 is 13.9. The third kappa shape index (κ3) is 3.77. The summed E-state index contributed by atoms with van der Waals surface area (Å²) in [4.78, 5) is 2.37. The largest absolute Gasteiger partial charge is 0.330 e. The summed E-state index contributed by atoms with van der Waals surface area (Å²) in [5.74, 6) is 0.397. The second-order valence-electron chi connectivity index (χ2n) is 5.50. The molecule has 1 fully saturated rings. The normalized spacial score (nSPS) is 23.8. The molecule has 2 atom stereocenters. The van der Waals surface area contributed by atoms with E-state index in [1.54, 1.807) is 0 Å². The Morgan fingerprint density at radius 2 is 2.11 bits per heavy atom. The van der Waals surface area contributed by atoms with Crippen LogP contribution < -0.4 is 5.73 Å². The highest BCUT2D eigenvalue weighted by Gasteiger charge is 2.27. The van der Waals surface area contributed by atoms with Gasteiger partial charge in [-0.2, -0.15) is 0 Å². The molecule has 19 heavy (non-hydrogen) atoms. The third-order valence-corrected chi connectivity index (χ3v) is 4.91. The number of nitrogens with zero attached hydrogens (tertiary/aromatic N) is 1. The molecule has 0 bridgehead atoms. The van der Waals surface area contributed by atoms with Gasteiger partial charge in [-0.25, -0.2) is 4.39 Å². The standard InChI is InChI=1S/C15H22BrFN2/c1-19(15-5-3-2-4-11(15)9-18)10-12-6-7-13(17)8-14(12)16/h6-8,11,15H,2-5,9-10,18H2,1H3. The van der Waals surface area contributed by atoms with Crippen molar-refractivity contribution in [3.63, 3.8) is 0 Å². The lowest BCUT2D eigenvalue weighted by Crippen LogP contribution is -2.42. The Bertz CT molecular complexity index is 425. The fraction of sp³-hybridized carbons (Fsp3) is 0.600. The van der Waals surface area contributed by atoms with Gasteiger partial charge in [0, 0.05) is 17.1 Å². The van der Waals surface area contributed by atoms with Gasteiger partial charge in [0.25, 0.3) is 0 Å². The van der Waals surface area contributed by atoms with Crippen molar-refractivity contribution in [3.05, 3.63) is 34.1 Å². The molecule has 2 rings (SSSR count). The summed E-state index contributed by atoms with van der Waals surface area (Å²) >= 11 is 3.44. The van der Waals surface area contributed by atoms with E-state index in [-0.39, 0.29) is 5.82 Å². The molecular weight excluding hydrogens is 307 g/mol. The Morgan fingerprint density at radius 1 is 1.37 bits per heavy atom. The van der Waals surface area contributed by atoms with Crippen LogP contribution in [0, 0.1) is 11.7 Å². The van der Waals surface area contributed by atoms with Gasteiger partial charge in [0.1, 0.15) is 5.82 Å². The van der Waals surface area contributed by atoms with Crippen LogP contribution in [-0.4, -0.2) is 24.5 Å². The van der Waals surface area contributed by atoms with Crippen molar-refractivity contribution < 1.29 is 4.39 Å². The molecule has 1 aromatic carbocycles. The molecule has 0 aromatic heterocycles. The first-order chi connectivity index (χ1) is 9.11. The van der Waals surface area contributed by atoms with E-state index in [1.807, 2.05) is 6.07 Å². The van der Waals surface area contributed by atoms with Crippen LogP contribution in [0.25, 0.3) is 0 Å². The van der Waals surface area contributed by atoms with E-state index in [4.69, 9.17) is 5.73 Å². The molecule has 0 heterocycles. The predicted octanol–water partition coefficient (Wildman–Crippen LogP) is 3.54. The fourth-order valence-electron chi connectivity index (χ4n) is 3.08. The molecule has 1 aromatic rings. The molecule has 1 aliphatic carbocycles. The maximum Gasteiger partial charge on any atom is 0.124 e. The minimum atomic E-state index is -0.198. The topological polar surface area (TPSA) is 29.3 Å². The quantitative estimate of drug-likeness (QED) is 0.915. The molecule has 1 saturated carbocycles. The maximum absolute atomic E-state index is 13.1. The van der Waals surface area contributed by atoms with Crippen LogP contribution in [0.1, 0.15) is 31.2 Å². The van der Waals surface area contributed by atoms with Crippen molar-refractivity contribution in [2.24, 2.45) is 11.7 Å². The highest BCUT2D eigenvalue weighted by atomic mass is 79.9. The zero-order chi connectivity index (χ0) is 13.8. The van der Waals surface area contributed by atoms with Gasteiger partial charge in [0.05, 0.1) is 0 Å². The van der Waals surface area contributed by atoms with Gasteiger partial charge in [-0.05, 0) is 50.0 Å². The average molecular weight is 329 g/mol. The summed E-state index contributed by atoms with van der Waals surface area (Å²) in [6, 6.07) is 5.46. The van der Waals surface area contributed by atoms with Gasteiger partial charge in [0.2, 0.25) is 0 Å². The molecule has 1 aliphatic rings. The zero-order valence-electron chi connectivity index (χ0n) is 11.4.